The van der Waals surface area contributed by atoms with Crippen molar-refractivity contribution in [3.8, 4) is 12.3 Å². The standard InChI is InChI=1S/C7H11NO/c1-2-3-4-7(9)5-6-8/h1H,3-6,8H2. The van der Waals surface area contributed by atoms with Gasteiger partial charge in [0.25, 0.3) is 0 Å². The van der Waals surface area contributed by atoms with Crippen LogP contribution in [0.5, 0.6) is 0 Å². The highest BCUT2D eigenvalue weighted by atomic mass is 16.1. The molecule has 2 nitrogen and oxygen atoms in total. The number of ketones is 1. The van der Waals surface area contributed by atoms with E-state index in [-0.39, 0.29) is 5.78 Å². The summed E-state index contributed by atoms with van der Waals surface area (Å²) in [5, 5.41) is 0. The molecule has 0 rings (SSSR count). The molecule has 50 valence electrons. The molecule has 0 atom stereocenters. The highest BCUT2D eigenvalue weighted by molar-refractivity contribution is 5.78. The molecule has 0 bridgehead atoms. The number of Topliss-reactive ketones (excluding diaryl/α,β-unsaturated/α-hetero) is 1. The number of carbonyl (C=O) groups is 1. The predicted molar refractivity (Wildman–Crippen MR) is 36.7 cm³/mol. The van der Waals surface area contributed by atoms with Crippen LogP contribution in [-0.2, 0) is 4.79 Å². The number of terminal acetylenes is 1. The lowest BCUT2D eigenvalue weighted by Crippen LogP contribution is -2.06. The molecule has 0 aliphatic rings. The molecule has 0 unspecified atom stereocenters. The zero-order valence-electron chi connectivity index (χ0n) is 5.39. The average Bonchev–Trinajstić information content (AvgIpc) is 1.85. The van der Waals surface area contributed by atoms with Crippen LogP contribution >= 0.6 is 0 Å². The van der Waals surface area contributed by atoms with E-state index in [4.69, 9.17) is 12.2 Å². The maximum absolute atomic E-state index is 10.6. The quantitative estimate of drug-likeness (QED) is 0.550. The maximum Gasteiger partial charge on any atom is 0.135 e. The fourth-order valence-electron chi connectivity index (χ4n) is 0.498. The van der Waals surface area contributed by atoms with E-state index in [0.717, 1.165) is 0 Å². The van der Waals surface area contributed by atoms with E-state index in [1.165, 1.54) is 0 Å². The van der Waals surface area contributed by atoms with Crippen molar-refractivity contribution in [3.63, 3.8) is 0 Å². The van der Waals surface area contributed by atoms with Gasteiger partial charge in [0.2, 0.25) is 0 Å². The third-order valence-electron chi connectivity index (χ3n) is 0.971. The minimum Gasteiger partial charge on any atom is -0.330 e. The molecule has 0 aromatic carbocycles. The van der Waals surface area contributed by atoms with Gasteiger partial charge in [0.15, 0.2) is 0 Å². The van der Waals surface area contributed by atoms with Crippen LogP contribution in [0.3, 0.4) is 0 Å². The van der Waals surface area contributed by atoms with Gasteiger partial charge in [-0.05, 0) is 6.54 Å². The van der Waals surface area contributed by atoms with Gasteiger partial charge in [-0.2, -0.15) is 0 Å². The van der Waals surface area contributed by atoms with E-state index in [1.54, 1.807) is 0 Å². The monoisotopic (exact) mass is 125 g/mol. The Hall–Kier alpha value is -0.810. The van der Waals surface area contributed by atoms with Crippen LogP contribution in [0, 0.1) is 12.3 Å². The smallest absolute Gasteiger partial charge is 0.135 e. The van der Waals surface area contributed by atoms with Gasteiger partial charge in [0, 0.05) is 19.3 Å². The first-order chi connectivity index (χ1) is 4.31. The maximum atomic E-state index is 10.6. The summed E-state index contributed by atoms with van der Waals surface area (Å²) in [5.74, 6) is 2.56. The van der Waals surface area contributed by atoms with Crippen LogP contribution in [-0.4, -0.2) is 12.3 Å². The van der Waals surface area contributed by atoms with E-state index in [1.807, 2.05) is 0 Å². The first-order valence-electron chi connectivity index (χ1n) is 2.96. The summed E-state index contributed by atoms with van der Waals surface area (Å²) in [4.78, 5) is 10.6. The molecule has 0 aromatic rings. The summed E-state index contributed by atoms with van der Waals surface area (Å²) in [7, 11) is 0. The Morgan fingerprint density at radius 1 is 1.56 bits per heavy atom. The molecule has 2 N–H and O–H groups in total. The van der Waals surface area contributed by atoms with Gasteiger partial charge in [-0.25, -0.2) is 0 Å². The number of rotatable bonds is 4. The molecule has 0 saturated carbocycles. The Bertz CT molecular complexity index is 123. The third-order valence-corrected chi connectivity index (χ3v) is 0.971. The second-order valence-electron chi connectivity index (χ2n) is 1.78. The number of hydrogen-bond donors (Lipinski definition) is 1. The van der Waals surface area contributed by atoms with Crippen LogP contribution in [0.2, 0.25) is 0 Å². The van der Waals surface area contributed by atoms with Crippen LogP contribution in [0.4, 0.5) is 0 Å². The minimum absolute atomic E-state index is 0.162. The summed E-state index contributed by atoms with van der Waals surface area (Å²) in [6.07, 6.45) is 6.42. The summed E-state index contributed by atoms with van der Waals surface area (Å²) < 4.78 is 0. The summed E-state index contributed by atoms with van der Waals surface area (Å²) in [6, 6.07) is 0. The molecule has 0 heterocycles. The number of nitrogens with two attached hydrogens (primary N) is 1. The van der Waals surface area contributed by atoms with Crippen LogP contribution < -0.4 is 5.73 Å². The molecule has 0 aliphatic heterocycles. The van der Waals surface area contributed by atoms with Crippen molar-refractivity contribution in [2.45, 2.75) is 19.3 Å². The highest BCUT2D eigenvalue weighted by Gasteiger charge is 1.96. The van der Waals surface area contributed by atoms with Gasteiger partial charge in [0.1, 0.15) is 5.78 Å². The third kappa shape index (κ3) is 5.05. The summed E-state index contributed by atoms with van der Waals surface area (Å²) in [5.41, 5.74) is 5.13. The Morgan fingerprint density at radius 2 is 2.22 bits per heavy atom. The summed E-state index contributed by atoms with van der Waals surface area (Å²) in [6.45, 7) is 0.434. The Balaban J connectivity index is 3.19. The molecule has 9 heavy (non-hydrogen) atoms. The van der Waals surface area contributed by atoms with Crippen molar-refractivity contribution >= 4 is 5.78 Å². The van der Waals surface area contributed by atoms with E-state index in [2.05, 4.69) is 5.92 Å². The topological polar surface area (TPSA) is 43.1 Å². The van der Waals surface area contributed by atoms with Gasteiger partial charge < -0.3 is 5.73 Å². The molecule has 0 saturated heterocycles. The molecule has 2 heteroatoms. The van der Waals surface area contributed by atoms with Gasteiger partial charge in [-0.15, -0.1) is 12.3 Å². The average molecular weight is 125 g/mol. The lowest BCUT2D eigenvalue weighted by Gasteiger charge is -1.91. The second-order valence-corrected chi connectivity index (χ2v) is 1.78. The number of hydrogen-bond acceptors (Lipinski definition) is 2. The van der Waals surface area contributed by atoms with Gasteiger partial charge >= 0.3 is 0 Å². The molecule has 0 spiro atoms. The van der Waals surface area contributed by atoms with Crippen LogP contribution in [0.25, 0.3) is 0 Å². The van der Waals surface area contributed by atoms with Crippen molar-refractivity contribution in [2.75, 3.05) is 6.54 Å². The van der Waals surface area contributed by atoms with E-state index >= 15 is 0 Å². The van der Waals surface area contributed by atoms with Crippen molar-refractivity contribution < 1.29 is 4.79 Å². The fourth-order valence-corrected chi connectivity index (χ4v) is 0.498. The Morgan fingerprint density at radius 3 is 2.67 bits per heavy atom. The fraction of sp³-hybridized carbons (Fsp3) is 0.571. The van der Waals surface area contributed by atoms with Gasteiger partial charge in [-0.1, -0.05) is 0 Å². The molecular formula is C7H11NO. The lowest BCUT2D eigenvalue weighted by atomic mass is 10.2. The first kappa shape index (κ1) is 8.19. The van der Waals surface area contributed by atoms with E-state index in [9.17, 15) is 4.79 Å². The van der Waals surface area contributed by atoms with E-state index in [0.29, 0.717) is 25.8 Å². The van der Waals surface area contributed by atoms with E-state index < -0.39 is 0 Å². The van der Waals surface area contributed by atoms with Crippen molar-refractivity contribution in [1.29, 1.82) is 0 Å². The van der Waals surface area contributed by atoms with Crippen LogP contribution in [0.15, 0.2) is 0 Å². The SMILES string of the molecule is C#CCCC(=O)CCN. The first-order valence-corrected chi connectivity index (χ1v) is 2.96. The Labute approximate surface area is 55.4 Å². The molecule has 0 fully saturated rings. The van der Waals surface area contributed by atoms with Crippen molar-refractivity contribution in [1.82, 2.24) is 0 Å². The minimum atomic E-state index is 0.162. The molecule has 0 aliphatic carbocycles. The summed E-state index contributed by atoms with van der Waals surface area (Å²) >= 11 is 0. The molecular weight excluding hydrogens is 114 g/mol. The zero-order chi connectivity index (χ0) is 7.11. The van der Waals surface area contributed by atoms with Gasteiger partial charge in [0.05, 0.1) is 0 Å². The Kier molecular flexibility index (Phi) is 4.85. The predicted octanol–water partition coefficient (Wildman–Crippen LogP) is 0.318. The van der Waals surface area contributed by atoms with Crippen molar-refractivity contribution in [3.05, 3.63) is 0 Å². The van der Waals surface area contributed by atoms with Crippen molar-refractivity contribution in [2.24, 2.45) is 5.73 Å². The zero-order valence-corrected chi connectivity index (χ0v) is 5.39. The lowest BCUT2D eigenvalue weighted by molar-refractivity contribution is -0.118. The molecule has 0 amide bonds. The van der Waals surface area contributed by atoms with Crippen LogP contribution in [0.1, 0.15) is 19.3 Å². The second kappa shape index (κ2) is 5.33. The number of carbonyl (C=O) groups excluding carboxylic acids is 1. The molecule has 0 aromatic heterocycles. The normalized spacial score (nSPS) is 8.44. The largest absolute Gasteiger partial charge is 0.330 e. The highest BCUT2D eigenvalue weighted by Crippen LogP contribution is 1.91. The molecule has 0 radical (unpaired) electrons. The van der Waals surface area contributed by atoms with Gasteiger partial charge in [-0.3, -0.25) is 4.79 Å².